The first-order chi connectivity index (χ1) is 10.0. The number of aromatic nitrogens is 3. The molecule has 0 saturated heterocycles. The first-order valence-electron chi connectivity index (χ1n) is 6.06. The van der Waals surface area contributed by atoms with Gasteiger partial charge in [-0.3, -0.25) is 4.57 Å². The molecule has 2 heterocycles. The Labute approximate surface area is 123 Å². The maximum absolute atomic E-state index is 14.0. The first-order valence-corrected chi connectivity index (χ1v) is 6.59. The molecule has 7 heteroatoms. The Morgan fingerprint density at radius 2 is 1.81 bits per heavy atom. The lowest BCUT2D eigenvalue weighted by Crippen LogP contribution is -2.05. The molecule has 0 spiro atoms. The van der Waals surface area contributed by atoms with Crippen LogP contribution < -0.4 is 0 Å². The van der Waals surface area contributed by atoms with E-state index in [0.29, 0.717) is 23.1 Å². The van der Waals surface area contributed by atoms with Crippen LogP contribution in [0.25, 0.3) is 16.9 Å². The molecule has 0 aliphatic carbocycles. The summed E-state index contributed by atoms with van der Waals surface area (Å²) in [6.45, 7) is 1.84. The molecule has 3 rings (SSSR count). The number of nitrogens with zero attached hydrogens (tertiary/aromatic N) is 3. The number of rotatable bonds is 2. The number of halogens is 4. The van der Waals surface area contributed by atoms with Crippen LogP contribution in [0.15, 0.2) is 24.4 Å². The highest BCUT2D eigenvalue weighted by Crippen LogP contribution is 2.25. The van der Waals surface area contributed by atoms with Gasteiger partial charge in [0.25, 0.3) is 0 Å². The van der Waals surface area contributed by atoms with Gasteiger partial charge in [-0.05, 0) is 18.6 Å². The highest BCUT2D eigenvalue weighted by molar-refractivity contribution is 6.16. The van der Waals surface area contributed by atoms with Crippen LogP contribution in [0.5, 0.6) is 0 Å². The van der Waals surface area contributed by atoms with Gasteiger partial charge in [-0.2, -0.15) is 0 Å². The van der Waals surface area contributed by atoms with E-state index in [2.05, 4.69) is 9.97 Å². The van der Waals surface area contributed by atoms with Crippen molar-refractivity contribution in [2.75, 3.05) is 0 Å². The van der Waals surface area contributed by atoms with Crippen molar-refractivity contribution in [3.8, 4) is 5.69 Å². The van der Waals surface area contributed by atoms with Gasteiger partial charge in [-0.25, -0.2) is 23.1 Å². The molecule has 2 aromatic heterocycles. The summed E-state index contributed by atoms with van der Waals surface area (Å²) in [5.41, 5.74) is 1.54. The summed E-state index contributed by atoms with van der Waals surface area (Å²) < 4.78 is 41.8. The summed E-state index contributed by atoms with van der Waals surface area (Å²) >= 11 is 5.82. The highest BCUT2D eigenvalue weighted by atomic mass is 35.5. The molecule has 1 aromatic carbocycles. The third-order valence-electron chi connectivity index (χ3n) is 3.05. The van der Waals surface area contributed by atoms with Crippen LogP contribution in [0.4, 0.5) is 13.2 Å². The van der Waals surface area contributed by atoms with E-state index in [1.54, 1.807) is 12.3 Å². The van der Waals surface area contributed by atoms with Crippen molar-refractivity contribution in [1.82, 2.24) is 14.5 Å². The van der Waals surface area contributed by atoms with Gasteiger partial charge in [0.05, 0.1) is 11.6 Å². The Kier molecular flexibility index (Phi) is 3.33. The van der Waals surface area contributed by atoms with Crippen LogP contribution in [-0.2, 0) is 5.88 Å². The molecule has 0 unspecified atom stereocenters. The third-order valence-corrected chi connectivity index (χ3v) is 3.29. The average molecular weight is 312 g/mol. The van der Waals surface area contributed by atoms with Crippen LogP contribution in [0.2, 0.25) is 0 Å². The molecule has 0 fully saturated rings. The standard InChI is InChI=1S/C14H9ClF3N3/c1-7-2-11-14(19-6-7)21(13(5-15)20-11)12-4-9(17)8(16)3-10(12)18/h2-4,6H,5H2,1H3. The van der Waals surface area contributed by atoms with Crippen LogP contribution in [0.3, 0.4) is 0 Å². The number of hydrogen-bond donors (Lipinski definition) is 0. The molecule has 3 nitrogen and oxygen atoms in total. The van der Waals surface area contributed by atoms with Gasteiger partial charge in [0.15, 0.2) is 17.3 Å². The quantitative estimate of drug-likeness (QED) is 0.531. The fourth-order valence-electron chi connectivity index (χ4n) is 2.14. The van der Waals surface area contributed by atoms with Gasteiger partial charge in [-0.1, -0.05) is 0 Å². The van der Waals surface area contributed by atoms with Crippen molar-refractivity contribution in [1.29, 1.82) is 0 Å². The minimum absolute atomic E-state index is 0.0200. The van der Waals surface area contributed by atoms with Crippen LogP contribution in [-0.4, -0.2) is 14.5 Å². The lowest BCUT2D eigenvalue weighted by molar-refractivity contribution is 0.493. The monoisotopic (exact) mass is 311 g/mol. The number of pyridine rings is 1. The SMILES string of the molecule is Cc1cnc2c(c1)nc(CCl)n2-c1cc(F)c(F)cc1F. The number of fused-ring (bicyclic) bond motifs is 1. The summed E-state index contributed by atoms with van der Waals surface area (Å²) in [4.78, 5) is 8.43. The molecule has 0 atom stereocenters. The molecule has 3 aromatic rings. The van der Waals surface area contributed by atoms with E-state index < -0.39 is 17.5 Å². The number of alkyl halides is 1. The van der Waals surface area contributed by atoms with Gasteiger partial charge in [0.2, 0.25) is 0 Å². The lowest BCUT2D eigenvalue weighted by Gasteiger charge is -2.09. The molecular weight excluding hydrogens is 303 g/mol. The Bertz CT molecular complexity index is 845. The van der Waals surface area contributed by atoms with E-state index in [1.807, 2.05) is 6.92 Å². The van der Waals surface area contributed by atoms with Gasteiger partial charge >= 0.3 is 0 Å². The number of imidazole rings is 1. The van der Waals surface area contributed by atoms with Crippen molar-refractivity contribution in [3.05, 3.63) is 53.2 Å². The van der Waals surface area contributed by atoms with Crippen LogP contribution >= 0.6 is 11.6 Å². The first kappa shape index (κ1) is 13.9. The largest absolute Gasteiger partial charge is 0.277 e. The Hall–Kier alpha value is -2.08. The summed E-state index contributed by atoms with van der Waals surface area (Å²) in [6, 6.07) is 3.01. The van der Waals surface area contributed by atoms with Crippen molar-refractivity contribution in [2.45, 2.75) is 12.8 Å². The topological polar surface area (TPSA) is 30.7 Å². The van der Waals surface area contributed by atoms with Gasteiger partial charge < -0.3 is 0 Å². The Balaban J connectivity index is 2.36. The summed E-state index contributed by atoms with van der Waals surface area (Å²) in [6.07, 6.45) is 1.58. The van der Waals surface area contributed by atoms with E-state index in [1.165, 1.54) is 4.57 Å². The normalized spacial score (nSPS) is 11.3. The van der Waals surface area contributed by atoms with E-state index in [-0.39, 0.29) is 11.6 Å². The molecule has 0 aliphatic heterocycles. The number of aryl methyl sites for hydroxylation is 1. The molecule has 0 amide bonds. The smallest absolute Gasteiger partial charge is 0.164 e. The molecular formula is C14H9ClF3N3. The second kappa shape index (κ2) is 5.04. The molecule has 108 valence electrons. The fraction of sp³-hybridized carbons (Fsp3) is 0.143. The Morgan fingerprint density at radius 3 is 2.52 bits per heavy atom. The summed E-state index contributed by atoms with van der Waals surface area (Å²) in [7, 11) is 0. The van der Waals surface area contributed by atoms with Crippen molar-refractivity contribution in [2.24, 2.45) is 0 Å². The molecule has 0 radical (unpaired) electrons. The average Bonchev–Trinajstić information content (AvgIpc) is 2.80. The third kappa shape index (κ3) is 2.25. The van der Waals surface area contributed by atoms with E-state index >= 15 is 0 Å². The predicted octanol–water partition coefficient (Wildman–Crippen LogP) is 3.89. The van der Waals surface area contributed by atoms with Crippen molar-refractivity contribution >= 4 is 22.8 Å². The maximum atomic E-state index is 14.0. The zero-order valence-corrected chi connectivity index (χ0v) is 11.6. The summed E-state index contributed by atoms with van der Waals surface area (Å²) in [5.74, 6) is -3.04. The molecule has 0 N–H and O–H groups in total. The molecule has 21 heavy (non-hydrogen) atoms. The van der Waals surface area contributed by atoms with Gasteiger partial charge in [0.1, 0.15) is 17.2 Å². The van der Waals surface area contributed by atoms with Crippen molar-refractivity contribution in [3.63, 3.8) is 0 Å². The van der Waals surface area contributed by atoms with Crippen LogP contribution in [0, 0.1) is 24.4 Å². The second-order valence-corrected chi connectivity index (χ2v) is 4.84. The van der Waals surface area contributed by atoms with E-state index in [4.69, 9.17) is 11.6 Å². The zero-order valence-electron chi connectivity index (χ0n) is 10.9. The van der Waals surface area contributed by atoms with Gasteiger partial charge in [0, 0.05) is 18.3 Å². The molecule has 0 aliphatic rings. The van der Waals surface area contributed by atoms with E-state index in [9.17, 15) is 13.2 Å². The summed E-state index contributed by atoms with van der Waals surface area (Å²) in [5, 5.41) is 0. The molecule has 0 saturated carbocycles. The number of benzene rings is 1. The predicted molar refractivity (Wildman–Crippen MR) is 73.0 cm³/mol. The Morgan fingerprint density at radius 1 is 1.10 bits per heavy atom. The minimum Gasteiger partial charge on any atom is -0.277 e. The van der Waals surface area contributed by atoms with E-state index in [0.717, 1.165) is 11.6 Å². The van der Waals surface area contributed by atoms with Crippen molar-refractivity contribution < 1.29 is 13.2 Å². The zero-order chi connectivity index (χ0) is 15.1. The maximum Gasteiger partial charge on any atom is 0.164 e. The fourth-order valence-corrected chi connectivity index (χ4v) is 2.32. The van der Waals surface area contributed by atoms with Gasteiger partial charge in [-0.15, -0.1) is 11.6 Å². The highest BCUT2D eigenvalue weighted by Gasteiger charge is 2.18. The van der Waals surface area contributed by atoms with Crippen LogP contribution in [0.1, 0.15) is 11.4 Å². The minimum atomic E-state index is -1.25. The number of hydrogen-bond acceptors (Lipinski definition) is 2. The second-order valence-electron chi connectivity index (χ2n) is 4.57. The lowest BCUT2D eigenvalue weighted by atomic mass is 10.2. The molecule has 0 bridgehead atoms.